The highest BCUT2D eigenvalue weighted by Crippen LogP contribution is 2.13. The predicted molar refractivity (Wildman–Crippen MR) is 70.4 cm³/mol. The van der Waals surface area contributed by atoms with Crippen LogP contribution in [0.4, 0.5) is 5.95 Å². The van der Waals surface area contributed by atoms with Crippen molar-refractivity contribution in [3.05, 3.63) is 42.2 Å². The largest absolute Gasteiger partial charge is 0.359 e. The molecule has 96 valence electrons. The Balaban J connectivity index is 2.21. The third kappa shape index (κ3) is 2.70. The topological polar surface area (TPSA) is 64.0 Å². The lowest BCUT2D eigenvalue weighted by Crippen LogP contribution is -2.04. The molecule has 2 aromatic rings. The number of anilines is 1. The van der Waals surface area contributed by atoms with E-state index in [-0.39, 0.29) is 0 Å². The number of nitrogens with one attached hydrogen (secondary N) is 1. The van der Waals surface area contributed by atoms with E-state index in [2.05, 4.69) is 10.3 Å². The molecule has 6 heteroatoms. The van der Waals surface area contributed by atoms with Crippen molar-refractivity contribution in [2.45, 2.75) is 11.4 Å². The van der Waals surface area contributed by atoms with Crippen LogP contribution in [0.1, 0.15) is 5.56 Å². The van der Waals surface area contributed by atoms with Crippen molar-refractivity contribution in [1.29, 1.82) is 0 Å². The molecule has 0 amide bonds. The molecular weight excluding hydrogens is 250 g/mol. The first-order valence-electron chi connectivity index (χ1n) is 5.48. The molecule has 0 aliphatic carbocycles. The molecule has 0 saturated heterocycles. The van der Waals surface area contributed by atoms with Gasteiger partial charge < -0.3 is 9.88 Å². The maximum absolute atomic E-state index is 11.3. The summed E-state index contributed by atoms with van der Waals surface area (Å²) in [5.41, 5.74) is 1.02. The molecule has 2 rings (SSSR count). The molecular formula is C12H15N3O2S. The maximum atomic E-state index is 11.3. The van der Waals surface area contributed by atoms with Crippen LogP contribution in [-0.2, 0) is 16.4 Å². The van der Waals surface area contributed by atoms with Crippen molar-refractivity contribution < 1.29 is 8.42 Å². The zero-order valence-corrected chi connectivity index (χ0v) is 11.1. The SMILES string of the molecule is CNc1nccn1Cc1ccc(S(C)(=O)=O)cc1. The van der Waals surface area contributed by atoms with Crippen molar-refractivity contribution in [3.8, 4) is 0 Å². The van der Waals surface area contributed by atoms with Crippen LogP contribution in [0.3, 0.4) is 0 Å². The quantitative estimate of drug-likeness (QED) is 0.907. The van der Waals surface area contributed by atoms with Gasteiger partial charge in [-0.25, -0.2) is 13.4 Å². The highest BCUT2D eigenvalue weighted by Gasteiger charge is 2.07. The van der Waals surface area contributed by atoms with Crippen LogP contribution in [0.2, 0.25) is 0 Å². The van der Waals surface area contributed by atoms with Gasteiger partial charge in [-0.2, -0.15) is 0 Å². The highest BCUT2D eigenvalue weighted by atomic mass is 32.2. The van der Waals surface area contributed by atoms with Crippen LogP contribution < -0.4 is 5.32 Å². The van der Waals surface area contributed by atoms with E-state index in [4.69, 9.17) is 0 Å². The number of aromatic nitrogens is 2. The molecule has 0 unspecified atom stereocenters. The summed E-state index contributed by atoms with van der Waals surface area (Å²) >= 11 is 0. The van der Waals surface area contributed by atoms with E-state index >= 15 is 0 Å². The number of sulfone groups is 1. The predicted octanol–water partition coefficient (Wildman–Crippen LogP) is 1.38. The third-order valence-corrected chi connectivity index (χ3v) is 3.77. The molecule has 0 aliphatic rings. The Bertz CT molecular complexity index is 630. The normalized spacial score (nSPS) is 11.4. The van der Waals surface area contributed by atoms with Crippen molar-refractivity contribution in [1.82, 2.24) is 9.55 Å². The van der Waals surface area contributed by atoms with E-state index in [0.29, 0.717) is 11.4 Å². The van der Waals surface area contributed by atoms with E-state index in [1.807, 2.05) is 29.9 Å². The minimum Gasteiger partial charge on any atom is -0.359 e. The molecule has 1 aromatic heterocycles. The summed E-state index contributed by atoms with van der Waals surface area (Å²) in [7, 11) is -1.31. The first-order chi connectivity index (χ1) is 8.50. The molecule has 0 saturated carbocycles. The fraction of sp³-hybridized carbons (Fsp3) is 0.250. The number of imidazole rings is 1. The lowest BCUT2D eigenvalue weighted by atomic mass is 10.2. The van der Waals surface area contributed by atoms with Gasteiger partial charge in [0.05, 0.1) is 11.4 Å². The first kappa shape index (κ1) is 12.6. The molecule has 18 heavy (non-hydrogen) atoms. The molecule has 0 spiro atoms. The van der Waals surface area contributed by atoms with Gasteiger partial charge in [0, 0.05) is 25.7 Å². The Hall–Kier alpha value is -1.82. The lowest BCUT2D eigenvalue weighted by molar-refractivity contribution is 0.602. The summed E-state index contributed by atoms with van der Waals surface area (Å²) in [6.45, 7) is 0.653. The average Bonchev–Trinajstić information content (AvgIpc) is 2.76. The van der Waals surface area contributed by atoms with Gasteiger partial charge in [0.1, 0.15) is 0 Å². The van der Waals surface area contributed by atoms with Crippen molar-refractivity contribution in [2.75, 3.05) is 18.6 Å². The minimum absolute atomic E-state index is 0.339. The lowest BCUT2D eigenvalue weighted by Gasteiger charge is -2.07. The first-order valence-corrected chi connectivity index (χ1v) is 7.38. The molecule has 1 N–H and O–H groups in total. The summed E-state index contributed by atoms with van der Waals surface area (Å²) in [4.78, 5) is 4.48. The third-order valence-electron chi connectivity index (χ3n) is 2.64. The van der Waals surface area contributed by atoms with Crippen LogP contribution in [0.5, 0.6) is 0 Å². The van der Waals surface area contributed by atoms with Gasteiger partial charge >= 0.3 is 0 Å². The van der Waals surface area contributed by atoms with Gasteiger partial charge in [-0.1, -0.05) is 12.1 Å². The second-order valence-corrected chi connectivity index (χ2v) is 6.06. The summed E-state index contributed by atoms with van der Waals surface area (Å²) in [5, 5.41) is 2.99. The smallest absolute Gasteiger partial charge is 0.202 e. The van der Waals surface area contributed by atoms with Gasteiger partial charge in [0.15, 0.2) is 9.84 Å². The van der Waals surface area contributed by atoms with Gasteiger partial charge in [-0.3, -0.25) is 0 Å². The van der Waals surface area contributed by atoms with Gasteiger partial charge in [-0.15, -0.1) is 0 Å². The fourth-order valence-corrected chi connectivity index (χ4v) is 2.33. The van der Waals surface area contributed by atoms with E-state index in [9.17, 15) is 8.42 Å². The number of nitrogens with zero attached hydrogens (tertiary/aromatic N) is 2. The maximum Gasteiger partial charge on any atom is 0.202 e. The second kappa shape index (κ2) is 4.81. The molecule has 0 aliphatic heterocycles. The van der Waals surface area contributed by atoms with E-state index in [1.165, 1.54) is 6.26 Å². The number of hydrogen-bond donors (Lipinski definition) is 1. The minimum atomic E-state index is -3.13. The van der Waals surface area contributed by atoms with Crippen LogP contribution in [0.25, 0.3) is 0 Å². The van der Waals surface area contributed by atoms with Crippen LogP contribution in [0, 0.1) is 0 Å². The van der Waals surface area contributed by atoms with Gasteiger partial charge in [0.25, 0.3) is 0 Å². The molecule has 0 radical (unpaired) electrons. The Kier molecular flexibility index (Phi) is 3.38. The highest BCUT2D eigenvalue weighted by molar-refractivity contribution is 7.90. The van der Waals surface area contributed by atoms with E-state index in [0.717, 1.165) is 11.5 Å². The van der Waals surface area contributed by atoms with Crippen molar-refractivity contribution >= 4 is 15.8 Å². The van der Waals surface area contributed by atoms with Crippen LogP contribution in [-0.4, -0.2) is 31.3 Å². The molecule has 0 fully saturated rings. The van der Waals surface area contributed by atoms with E-state index in [1.54, 1.807) is 18.3 Å². The van der Waals surface area contributed by atoms with Crippen LogP contribution >= 0.6 is 0 Å². The fourth-order valence-electron chi connectivity index (χ4n) is 1.70. The zero-order chi connectivity index (χ0) is 13.2. The van der Waals surface area contributed by atoms with Crippen LogP contribution in [0.15, 0.2) is 41.6 Å². The number of rotatable bonds is 4. The molecule has 0 atom stereocenters. The standard InChI is InChI=1S/C12H15N3O2S/c1-13-12-14-7-8-15(12)9-10-3-5-11(6-4-10)18(2,16)17/h3-8H,9H2,1-2H3,(H,13,14). The molecule has 5 nitrogen and oxygen atoms in total. The molecule has 1 aromatic carbocycles. The Morgan fingerprint density at radius 2 is 1.94 bits per heavy atom. The Morgan fingerprint density at radius 1 is 1.28 bits per heavy atom. The summed E-state index contributed by atoms with van der Waals surface area (Å²) < 4.78 is 24.6. The van der Waals surface area contributed by atoms with Gasteiger partial charge in [-0.05, 0) is 17.7 Å². The summed E-state index contributed by atoms with van der Waals surface area (Å²) in [6.07, 6.45) is 4.80. The second-order valence-electron chi connectivity index (χ2n) is 4.04. The zero-order valence-electron chi connectivity index (χ0n) is 10.3. The Labute approximate surface area is 106 Å². The molecule has 1 heterocycles. The summed E-state index contributed by atoms with van der Waals surface area (Å²) in [6, 6.07) is 6.88. The van der Waals surface area contributed by atoms with Crippen molar-refractivity contribution in [2.24, 2.45) is 0 Å². The van der Waals surface area contributed by atoms with E-state index < -0.39 is 9.84 Å². The van der Waals surface area contributed by atoms with Gasteiger partial charge in [0.2, 0.25) is 5.95 Å². The summed E-state index contributed by atoms with van der Waals surface area (Å²) in [5.74, 6) is 0.780. The monoisotopic (exact) mass is 265 g/mol. The number of benzene rings is 1. The number of hydrogen-bond acceptors (Lipinski definition) is 4. The Morgan fingerprint density at radius 3 is 2.50 bits per heavy atom. The molecule has 0 bridgehead atoms. The van der Waals surface area contributed by atoms with Crippen molar-refractivity contribution in [3.63, 3.8) is 0 Å². The average molecular weight is 265 g/mol.